The number of nitrogens with one attached hydrogen (secondary N) is 1. The van der Waals surface area contributed by atoms with E-state index in [2.05, 4.69) is 36.2 Å². The minimum atomic E-state index is 0. The van der Waals surface area contributed by atoms with Crippen molar-refractivity contribution < 1.29 is 9.47 Å². The van der Waals surface area contributed by atoms with Gasteiger partial charge in [-0.25, -0.2) is 0 Å². The number of rotatable bonds is 16. The second-order valence-corrected chi connectivity index (χ2v) is 6.73. The average Bonchev–Trinajstić information content (AvgIpc) is 2.65. The summed E-state index contributed by atoms with van der Waals surface area (Å²) in [4.78, 5) is 2.62. The van der Waals surface area contributed by atoms with Gasteiger partial charge in [0.1, 0.15) is 0 Å². The maximum atomic E-state index is 5.70. The van der Waals surface area contributed by atoms with Crippen molar-refractivity contribution in [1.82, 2.24) is 10.2 Å². The van der Waals surface area contributed by atoms with Gasteiger partial charge in [0.25, 0.3) is 0 Å². The molecule has 166 valence electrons. The average molecular weight is 437 g/mol. The number of unbranched alkanes of at least 4 members (excludes halogenated alkanes) is 2. The van der Waals surface area contributed by atoms with Crippen LogP contribution in [0.5, 0.6) is 11.5 Å². The van der Waals surface area contributed by atoms with Crippen molar-refractivity contribution in [2.45, 2.75) is 66.3 Å². The lowest BCUT2D eigenvalue weighted by atomic mass is 10.2. The van der Waals surface area contributed by atoms with E-state index in [1.54, 1.807) is 0 Å². The van der Waals surface area contributed by atoms with E-state index in [1.807, 2.05) is 19.9 Å². The molecule has 4 nitrogen and oxygen atoms in total. The molecule has 28 heavy (non-hydrogen) atoms. The monoisotopic (exact) mass is 436 g/mol. The molecule has 1 N–H and O–H groups in total. The quantitative estimate of drug-likeness (QED) is 0.336. The first-order valence-electron chi connectivity index (χ1n) is 10.6. The van der Waals surface area contributed by atoms with Crippen LogP contribution in [0.3, 0.4) is 0 Å². The summed E-state index contributed by atoms with van der Waals surface area (Å²) < 4.78 is 11.3. The molecule has 0 amide bonds. The van der Waals surface area contributed by atoms with Crippen molar-refractivity contribution in [3.05, 3.63) is 23.8 Å². The molecule has 0 aromatic heterocycles. The van der Waals surface area contributed by atoms with Crippen molar-refractivity contribution in [3.63, 3.8) is 0 Å². The van der Waals surface area contributed by atoms with Crippen LogP contribution in [0.4, 0.5) is 0 Å². The summed E-state index contributed by atoms with van der Waals surface area (Å²) in [5, 5.41) is 3.57. The zero-order valence-electron chi connectivity index (χ0n) is 18.3. The fraction of sp³-hybridized carbons (Fsp3) is 0.727. The van der Waals surface area contributed by atoms with Crippen LogP contribution in [-0.4, -0.2) is 44.3 Å². The lowest BCUT2D eigenvalue weighted by Crippen LogP contribution is -2.29. The molecular formula is C22H42Cl2N2O2. The Bertz CT molecular complexity index is 468. The van der Waals surface area contributed by atoms with Crippen LogP contribution in [0.2, 0.25) is 0 Å². The van der Waals surface area contributed by atoms with Gasteiger partial charge < -0.3 is 19.7 Å². The number of ether oxygens (including phenoxy) is 2. The molecule has 0 radical (unpaired) electrons. The molecule has 6 heteroatoms. The molecule has 0 unspecified atom stereocenters. The van der Waals surface area contributed by atoms with Gasteiger partial charge in [-0.2, -0.15) is 0 Å². The number of hydrogen-bond donors (Lipinski definition) is 1. The predicted molar refractivity (Wildman–Crippen MR) is 126 cm³/mol. The van der Waals surface area contributed by atoms with Gasteiger partial charge in [0, 0.05) is 6.54 Å². The largest absolute Gasteiger partial charge is 0.490 e. The molecule has 0 bridgehead atoms. The zero-order chi connectivity index (χ0) is 19.0. The first-order chi connectivity index (χ1) is 12.7. The molecule has 1 aromatic rings. The van der Waals surface area contributed by atoms with E-state index in [0.717, 1.165) is 24.6 Å². The van der Waals surface area contributed by atoms with Gasteiger partial charge in [0.05, 0.1) is 13.2 Å². The van der Waals surface area contributed by atoms with Gasteiger partial charge >= 0.3 is 0 Å². The summed E-state index contributed by atoms with van der Waals surface area (Å²) in [7, 11) is 0. The Morgan fingerprint density at radius 1 is 0.786 bits per heavy atom. The minimum Gasteiger partial charge on any atom is -0.490 e. The molecule has 0 saturated carbocycles. The second kappa shape index (κ2) is 19.6. The summed E-state index contributed by atoms with van der Waals surface area (Å²) in [5.41, 5.74) is 1.24. The molecular weight excluding hydrogens is 395 g/mol. The predicted octanol–water partition coefficient (Wildman–Crippen LogP) is 5.71. The highest BCUT2D eigenvalue weighted by molar-refractivity contribution is 5.85. The molecule has 0 heterocycles. The normalized spacial score (nSPS) is 10.3. The van der Waals surface area contributed by atoms with Crippen LogP contribution in [0.1, 0.15) is 65.4 Å². The Kier molecular flexibility index (Phi) is 20.7. The first-order valence-corrected chi connectivity index (χ1v) is 10.6. The molecule has 1 rings (SSSR count). The van der Waals surface area contributed by atoms with E-state index in [0.29, 0.717) is 13.2 Å². The highest BCUT2D eigenvalue weighted by Crippen LogP contribution is 2.28. The van der Waals surface area contributed by atoms with E-state index in [4.69, 9.17) is 9.47 Å². The van der Waals surface area contributed by atoms with Crippen molar-refractivity contribution in [2.75, 3.05) is 39.4 Å². The van der Waals surface area contributed by atoms with Crippen molar-refractivity contribution in [3.8, 4) is 11.5 Å². The van der Waals surface area contributed by atoms with E-state index in [9.17, 15) is 0 Å². The van der Waals surface area contributed by atoms with Gasteiger partial charge in [0.2, 0.25) is 0 Å². The van der Waals surface area contributed by atoms with Crippen LogP contribution in [-0.2, 0) is 6.54 Å². The van der Waals surface area contributed by atoms with Crippen LogP contribution >= 0.6 is 24.8 Å². The molecule has 0 saturated heterocycles. The fourth-order valence-electron chi connectivity index (χ4n) is 2.96. The van der Waals surface area contributed by atoms with Crippen LogP contribution in [0, 0.1) is 0 Å². The molecule has 0 fully saturated rings. The highest BCUT2D eigenvalue weighted by atomic mass is 35.5. The Morgan fingerprint density at radius 3 is 1.93 bits per heavy atom. The SMILES string of the molecule is CCCCN(CCCC)CCCNCc1ccc(OCC)c(OCC)c1.Cl.Cl. The summed E-state index contributed by atoms with van der Waals surface area (Å²) in [6, 6.07) is 6.23. The maximum Gasteiger partial charge on any atom is 0.161 e. The van der Waals surface area contributed by atoms with Gasteiger partial charge in [0.15, 0.2) is 11.5 Å². The number of hydrogen-bond acceptors (Lipinski definition) is 4. The Balaban J connectivity index is 0. The summed E-state index contributed by atoms with van der Waals surface area (Å²) in [5.74, 6) is 1.68. The van der Waals surface area contributed by atoms with E-state index in [1.165, 1.54) is 57.3 Å². The third-order valence-corrected chi connectivity index (χ3v) is 4.42. The lowest BCUT2D eigenvalue weighted by molar-refractivity contribution is 0.261. The second-order valence-electron chi connectivity index (χ2n) is 6.73. The molecule has 0 aliphatic heterocycles. The van der Waals surface area contributed by atoms with Crippen molar-refractivity contribution in [2.24, 2.45) is 0 Å². The van der Waals surface area contributed by atoms with E-state index < -0.39 is 0 Å². The molecule has 1 aromatic carbocycles. The van der Waals surface area contributed by atoms with Crippen LogP contribution in [0.25, 0.3) is 0 Å². The summed E-state index contributed by atoms with van der Waals surface area (Å²) in [6.45, 7) is 15.5. The third kappa shape index (κ3) is 12.7. The maximum absolute atomic E-state index is 5.70. The molecule has 0 aliphatic carbocycles. The van der Waals surface area contributed by atoms with Gasteiger partial charge in [-0.1, -0.05) is 32.8 Å². The number of benzene rings is 1. The highest BCUT2D eigenvalue weighted by Gasteiger charge is 2.06. The molecule has 0 spiro atoms. The zero-order valence-corrected chi connectivity index (χ0v) is 19.9. The van der Waals surface area contributed by atoms with E-state index >= 15 is 0 Å². The van der Waals surface area contributed by atoms with Gasteiger partial charge in [-0.05, 0) is 77.0 Å². The number of nitrogens with zero attached hydrogens (tertiary/aromatic N) is 1. The summed E-state index contributed by atoms with van der Waals surface area (Å²) >= 11 is 0. The van der Waals surface area contributed by atoms with Gasteiger partial charge in [-0.15, -0.1) is 24.8 Å². The van der Waals surface area contributed by atoms with Crippen molar-refractivity contribution >= 4 is 24.8 Å². The minimum absolute atomic E-state index is 0. The third-order valence-electron chi connectivity index (χ3n) is 4.42. The number of halogens is 2. The van der Waals surface area contributed by atoms with E-state index in [-0.39, 0.29) is 24.8 Å². The smallest absolute Gasteiger partial charge is 0.161 e. The standard InChI is InChI=1S/C22H40N2O2.2ClH/c1-5-9-15-24(16-10-6-2)17-11-14-23-19-20-12-13-21(25-7-3)22(18-20)26-8-4;;/h12-13,18,23H,5-11,14-17,19H2,1-4H3;2*1H. The molecule has 0 atom stereocenters. The Labute approximate surface area is 185 Å². The van der Waals surface area contributed by atoms with Gasteiger partial charge in [-0.3, -0.25) is 0 Å². The fourth-order valence-corrected chi connectivity index (χ4v) is 2.96. The van der Waals surface area contributed by atoms with Crippen LogP contribution in [0.15, 0.2) is 18.2 Å². The Hall–Kier alpha value is -0.680. The molecule has 0 aliphatic rings. The Morgan fingerprint density at radius 2 is 1.36 bits per heavy atom. The lowest BCUT2D eigenvalue weighted by Gasteiger charge is -2.22. The summed E-state index contributed by atoms with van der Waals surface area (Å²) in [6.07, 6.45) is 6.37. The van der Waals surface area contributed by atoms with Crippen LogP contribution < -0.4 is 14.8 Å². The van der Waals surface area contributed by atoms with Crippen molar-refractivity contribution in [1.29, 1.82) is 0 Å². The topological polar surface area (TPSA) is 33.7 Å². The first kappa shape index (κ1) is 29.5.